The lowest BCUT2D eigenvalue weighted by atomic mass is 10.0. The third kappa shape index (κ3) is 4.23. The van der Waals surface area contributed by atoms with E-state index in [0.29, 0.717) is 5.56 Å². The van der Waals surface area contributed by atoms with Gasteiger partial charge in [0.25, 0.3) is 0 Å². The Labute approximate surface area is 170 Å². The minimum Gasteiger partial charge on any atom is -0.459 e. The number of esters is 1. The van der Waals surface area contributed by atoms with Crippen LogP contribution in [0.3, 0.4) is 0 Å². The van der Waals surface area contributed by atoms with Crippen molar-refractivity contribution in [2.45, 2.75) is 46.8 Å². The SMILES string of the molecule is CCN1CCN(C(C)c2c(C)c(C(=O)OC(C)C)cc3cc(Br)cn23)CC1. The molecule has 1 unspecified atom stereocenters. The van der Waals surface area contributed by atoms with E-state index in [9.17, 15) is 4.79 Å². The normalized spacial score (nSPS) is 17.6. The topological polar surface area (TPSA) is 37.2 Å². The molecular weight excluding hydrogens is 406 g/mol. The van der Waals surface area contributed by atoms with E-state index >= 15 is 0 Å². The second kappa shape index (κ2) is 8.33. The number of carbonyl (C=O) groups is 1. The van der Waals surface area contributed by atoms with Crippen molar-refractivity contribution in [1.82, 2.24) is 14.2 Å². The molecule has 6 heteroatoms. The number of carbonyl (C=O) groups excluding carboxylic acids is 1. The van der Waals surface area contributed by atoms with Crippen LogP contribution in [0.25, 0.3) is 5.52 Å². The fourth-order valence-electron chi connectivity index (χ4n) is 3.98. The molecule has 1 aliphatic heterocycles. The van der Waals surface area contributed by atoms with Crippen LogP contribution in [-0.4, -0.2) is 59.0 Å². The third-order valence-corrected chi connectivity index (χ3v) is 5.95. The molecule has 0 N–H and O–H groups in total. The van der Waals surface area contributed by atoms with E-state index < -0.39 is 0 Å². The Bertz CT molecular complexity index is 822. The van der Waals surface area contributed by atoms with Gasteiger partial charge in [-0.3, -0.25) is 4.90 Å². The number of halogens is 1. The van der Waals surface area contributed by atoms with Gasteiger partial charge in [-0.2, -0.15) is 0 Å². The zero-order chi connectivity index (χ0) is 19.7. The van der Waals surface area contributed by atoms with Crippen LogP contribution in [-0.2, 0) is 4.74 Å². The highest BCUT2D eigenvalue weighted by Crippen LogP contribution is 2.31. The van der Waals surface area contributed by atoms with Crippen molar-refractivity contribution in [3.8, 4) is 0 Å². The van der Waals surface area contributed by atoms with Gasteiger partial charge < -0.3 is 14.0 Å². The quantitative estimate of drug-likeness (QED) is 0.656. The van der Waals surface area contributed by atoms with Crippen LogP contribution in [0.1, 0.15) is 55.4 Å². The average Bonchev–Trinajstić information content (AvgIpc) is 2.99. The highest BCUT2D eigenvalue weighted by Gasteiger charge is 2.27. The predicted octanol–water partition coefficient (Wildman–Crippen LogP) is 4.27. The second-order valence-electron chi connectivity index (χ2n) is 7.62. The van der Waals surface area contributed by atoms with Crippen molar-refractivity contribution in [2.24, 2.45) is 0 Å². The molecule has 0 bridgehead atoms. The smallest absolute Gasteiger partial charge is 0.338 e. The molecule has 1 fully saturated rings. The Hall–Kier alpha value is -1.37. The molecule has 0 aromatic carbocycles. The summed E-state index contributed by atoms with van der Waals surface area (Å²) in [6.07, 6.45) is 1.96. The fraction of sp³-hybridized carbons (Fsp3) is 0.571. The molecule has 1 saturated heterocycles. The number of rotatable bonds is 5. The van der Waals surface area contributed by atoms with Gasteiger partial charge in [-0.05, 0) is 67.9 Å². The molecule has 0 spiro atoms. The zero-order valence-corrected chi connectivity index (χ0v) is 18.5. The summed E-state index contributed by atoms with van der Waals surface area (Å²) in [6, 6.07) is 4.21. The molecule has 1 atom stereocenters. The Morgan fingerprint density at radius 1 is 1.19 bits per heavy atom. The number of aromatic nitrogens is 1. The molecule has 3 rings (SSSR count). The van der Waals surface area contributed by atoms with Crippen LogP contribution in [0.4, 0.5) is 0 Å². The Morgan fingerprint density at radius 2 is 1.85 bits per heavy atom. The summed E-state index contributed by atoms with van der Waals surface area (Å²) in [7, 11) is 0. The first-order valence-corrected chi connectivity index (χ1v) is 10.6. The van der Waals surface area contributed by atoms with Gasteiger partial charge in [-0.1, -0.05) is 6.92 Å². The second-order valence-corrected chi connectivity index (χ2v) is 8.54. The molecule has 2 aromatic rings. The van der Waals surface area contributed by atoms with Crippen molar-refractivity contribution >= 4 is 27.4 Å². The lowest BCUT2D eigenvalue weighted by Crippen LogP contribution is -2.47. The molecule has 0 radical (unpaired) electrons. The van der Waals surface area contributed by atoms with Crippen molar-refractivity contribution in [1.29, 1.82) is 0 Å². The van der Waals surface area contributed by atoms with Gasteiger partial charge in [0.05, 0.1) is 11.7 Å². The number of piperazine rings is 1. The van der Waals surface area contributed by atoms with E-state index in [1.807, 2.05) is 26.8 Å². The van der Waals surface area contributed by atoms with Crippen LogP contribution >= 0.6 is 15.9 Å². The predicted molar refractivity (Wildman–Crippen MR) is 112 cm³/mol. The molecule has 1 aliphatic rings. The van der Waals surface area contributed by atoms with E-state index in [4.69, 9.17) is 4.74 Å². The lowest BCUT2D eigenvalue weighted by Gasteiger charge is -2.38. The number of ether oxygens (including phenoxy) is 1. The van der Waals surface area contributed by atoms with Crippen molar-refractivity contribution in [3.05, 3.63) is 39.6 Å². The zero-order valence-electron chi connectivity index (χ0n) is 17.0. The summed E-state index contributed by atoms with van der Waals surface area (Å²) in [5.74, 6) is -0.244. The molecule has 3 heterocycles. The maximum Gasteiger partial charge on any atom is 0.338 e. The van der Waals surface area contributed by atoms with Gasteiger partial charge in [0, 0.05) is 54.1 Å². The first-order valence-electron chi connectivity index (χ1n) is 9.80. The molecule has 0 aliphatic carbocycles. The van der Waals surface area contributed by atoms with E-state index in [-0.39, 0.29) is 18.1 Å². The van der Waals surface area contributed by atoms with E-state index in [1.165, 1.54) is 5.69 Å². The fourth-order valence-corrected chi connectivity index (χ4v) is 4.42. The maximum absolute atomic E-state index is 12.7. The summed E-state index contributed by atoms with van der Waals surface area (Å²) in [4.78, 5) is 17.7. The van der Waals surface area contributed by atoms with Gasteiger partial charge in [-0.25, -0.2) is 4.79 Å². The molecule has 5 nitrogen and oxygen atoms in total. The highest BCUT2D eigenvalue weighted by atomic mass is 79.9. The van der Waals surface area contributed by atoms with Crippen molar-refractivity contribution in [2.75, 3.05) is 32.7 Å². The number of hydrogen-bond acceptors (Lipinski definition) is 4. The first kappa shape index (κ1) is 20.4. The summed E-state index contributed by atoms with van der Waals surface area (Å²) >= 11 is 3.59. The molecule has 0 saturated carbocycles. The van der Waals surface area contributed by atoms with Crippen LogP contribution in [0.5, 0.6) is 0 Å². The van der Waals surface area contributed by atoms with Crippen molar-refractivity contribution < 1.29 is 9.53 Å². The van der Waals surface area contributed by atoms with E-state index in [1.54, 1.807) is 0 Å². The van der Waals surface area contributed by atoms with Gasteiger partial charge in [-0.15, -0.1) is 0 Å². The Balaban J connectivity index is 2.02. The summed E-state index contributed by atoms with van der Waals surface area (Å²) in [5.41, 5.74) is 3.84. The minimum atomic E-state index is -0.244. The van der Waals surface area contributed by atoms with Crippen LogP contribution in [0, 0.1) is 6.92 Å². The van der Waals surface area contributed by atoms with Crippen LogP contribution < -0.4 is 0 Å². The molecule has 2 aromatic heterocycles. The summed E-state index contributed by atoms with van der Waals surface area (Å²) in [6.45, 7) is 15.6. The van der Waals surface area contributed by atoms with Gasteiger partial charge in [0.1, 0.15) is 0 Å². The highest BCUT2D eigenvalue weighted by molar-refractivity contribution is 9.10. The van der Waals surface area contributed by atoms with Gasteiger partial charge in [0.2, 0.25) is 0 Å². The Kier molecular flexibility index (Phi) is 6.28. The first-order chi connectivity index (χ1) is 12.8. The number of nitrogens with zero attached hydrogens (tertiary/aromatic N) is 3. The van der Waals surface area contributed by atoms with Gasteiger partial charge in [0.15, 0.2) is 0 Å². The lowest BCUT2D eigenvalue weighted by molar-refractivity contribution is 0.0376. The molecule has 0 amide bonds. The monoisotopic (exact) mass is 435 g/mol. The largest absolute Gasteiger partial charge is 0.459 e. The number of pyridine rings is 1. The van der Waals surface area contributed by atoms with E-state index in [0.717, 1.165) is 48.3 Å². The van der Waals surface area contributed by atoms with E-state index in [2.05, 4.69) is 56.2 Å². The van der Waals surface area contributed by atoms with Crippen molar-refractivity contribution in [3.63, 3.8) is 0 Å². The third-order valence-electron chi connectivity index (χ3n) is 5.52. The summed E-state index contributed by atoms with van der Waals surface area (Å²) in [5, 5.41) is 0. The van der Waals surface area contributed by atoms with Crippen LogP contribution in [0.2, 0.25) is 0 Å². The Morgan fingerprint density at radius 3 is 2.44 bits per heavy atom. The number of fused-ring (bicyclic) bond motifs is 1. The molecular formula is C21H30BrN3O2. The molecule has 27 heavy (non-hydrogen) atoms. The molecule has 148 valence electrons. The average molecular weight is 436 g/mol. The number of hydrogen-bond donors (Lipinski definition) is 0. The standard InChI is InChI=1S/C21H30BrN3O2/c1-6-23-7-9-24(10-8-23)16(5)20-15(4)19(21(26)27-14(2)3)12-18-11-17(22)13-25(18)20/h11-14,16H,6-10H2,1-5H3. The summed E-state index contributed by atoms with van der Waals surface area (Å²) < 4.78 is 8.73. The number of likely N-dealkylation sites (N-methyl/N-ethyl adjacent to an activating group) is 1. The minimum absolute atomic E-state index is 0.130. The van der Waals surface area contributed by atoms with Gasteiger partial charge >= 0.3 is 5.97 Å². The maximum atomic E-state index is 12.7. The van der Waals surface area contributed by atoms with Crippen LogP contribution in [0.15, 0.2) is 22.8 Å².